The minimum atomic E-state index is 0.0762. The molecule has 1 heterocycles. The molecule has 1 saturated heterocycles. The Morgan fingerprint density at radius 1 is 1.38 bits per heavy atom. The van der Waals surface area contributed by atoms with E-state index in [1.54, 1.807) is 0 Å². The topological polar surface area (TPSA) is 58.4 Å². The van der Waals surface area contributed by atoms with E-state index in [0.29, 0.717) is 24.9 Å². The highest BCUT2D eigenvalue weighted by Crippen LogP contribution is 2.16. The standard InChI is InChI=1S/C12H25N3O/c1-10(2)11(15-7-3-4-8-15)9-14-12(16)5-6-13/h10-11H,3-9,13H2,1-2H3,(H,14,16). The van der Waals surface area contributed by atoms with Crippen molar-refractivity contribution in [2.75, 3.05) is 26.2 Å². The fourth-order valence-corrected chi connectivity index (χ4v) is 2.30. The molecule has 0 aromatic heterocycles. The maximum absolute atomic E-state index is 11.4. The van der Waals surface area contributed by atoms with E-state index in [2.05, 4.69) is 24.1 Å². The van der Waals surface area contributed by atoms with Crippen molar-refractivity contribution in [2.45, 2.75) is 39.2 Å². The molecule has 0 radical (unpaired) electrons. The summed E-state index contributed by atoms with van der Waals surface area (Å²) in [6.07, 6.45) is 3.02. The van der Waals surface area contributed by atoms with Crippen LogP contribution in [-0.4, -0.2) is 43.0 Å². The first-order chi connectivity index (χ1) is 7.65. The Kier molecular flexibility index (Phi) is 5.77. The molecular weight excluding hydrogens is 202 g/mol. The summed E-state index contributed by atoms with van der Waals surface area (Å²) in [4.78, 5) is 13.9. The molecule has 1 aliphatic heterocycles. The molecule has 0 saturated carbocycles. The van der Waals surface area contributed by atoms with Crippen molar-refractivity contribution in [3.05, 3.63) is 0 Å². The van der Waals surface area contributed by atoms with Crippen LogP contribution in [0.1, 0.15) is 33.1 Å². The minimum Gasteiger partial charge on any atom is -0.354 e. The van der Waals surface area contributed by atoms with Crippen LogP contribution in [0, 0.1) is 5.92 Å². The molecule has 3 N–H and O–H groups in total. The molecule has 94 valence electrons. The predicted octanol–water partition coefficient (Wildman–Crippen LogP) is 0.572. The van der Waals surface area contributed by atoms with Gasteiger partial charge in [-0.25, -0.2) is 0 Å². The van der Waals surface area contributed by atoms with Gasteiger partial charge in [0, 0.05) is 25.6 Å². The van der Waals surface area contributed by atoms with Crippen LogP contribution >= 0.6 is 0 Å². The van der Waals surface area contributed by atoms with Gasteiger partial charge >= 0.3 is 0 Å². The fourth-order valence-electron chi connectivity index (χ4n) is 2.30. The zero-order chi connectivity index (χ0) is 12.0. The Morgan fingerprint density at radius 2 is 2.00 bits per heavy atom. The summed E-state index contributed by atoms with van der Waals surface area (Å²) < 4.78 is 0. The highest BCUT2D eigenvalue weighted by atomic mass is 16.1. The monoisotopic (exact) mass is 227 g/mol. The van der Waals surface area contributed by atoms with Gasteiger partial charge in [-0.2, -0.15) is 0 Å². The van der Waals surface area contributed by atoms with Crippen LogP contribution in [0.3, 0.4) is 0 Å². The molecular formula is C12H25N3O. The summed E-state index contributed by atoms with van der Waals surface area (Å²) in [6, 6.07) is 0.476. The van der Waals surface area contributed by atoms with Gasteiger partial charge in [-0.15, -0.1) is 0 Å². The molecule has 1 atom stereocenters. The number of amides is 1. The molecule has 0 aromatic rings. The predicted molar refractivity (Wildman–Crippen MR) is 66.1 cm³/mol. The molecule has 1 aliphatic rings. The van der Waals surface area contributed by atoms with Crippen LogP contribution in [0.2, 0.25) is 0 Å². The molecule has 4 heteroatoms. The number of nitrogens with zero attached hydrogens (tertiary/aromatic N) is 1. The van der Waals surface area contributed by atoms with Crippen LogP contribution in [-0.2, 0) is 4.79 Å². The van der Waals surface area contributed by atoms with Gasteiger partial charge < -0.3 is 11.1 Å². The van der Waals surface area contributed by atoms with Crippen molar-refractivity contribution in [3.63, 3.8) is 0 Å². The molecule has 4 nitrogen and oxygen atoms in total. The summed E-state index contributed by atoms with van der Waals surface area (Å²) in [5.41, 5.74) is 5.35. The smallest absolute Gasteiger partial charge is 0.221 e. The minimum absolute atomic E-state index is 0.0762. The van der Waals surface area contributed by atoms with Gasteiger partial charge in [0.15, 0.2) is 0 Å². The average Bonchev–Trinajstić information content (AvgIpc) is 2.71. The van der Waals surface area contributed by atoms with Crippen molar-refractivity contribution in [1.29, 1.82) is 0 Å². The van der Waals surface area contributed by atoms with Gasteiger partial charge in [-0.05, 0) is 31.8 Å². The van der Waals surface area contributed by atoms with E-state index in [1.165, 1.54) is 25.9 Å². The zero-order valence-corrected chi connectivity index (χ0v) is 10.5. The third kappa shape index (κ3) is 4.10. The molecule has 0 aromatic carbocycles. The maximum Gasteiger partial charge on any atom is 0.221 e. The van der Waals surface area contributed by atoms with E-state index >= 15 is 0 Å². The van der Waals surface area contributed by atoms with Gasteiger partial charge in [0.25, 0.3) is 0 Å². The van der Waals surface area contributed by atoms with Gasteiger partial charge in [-0.3, -0.25) is 9.69 Å². The lowest BCUT2D eigenvalue weighted by molar-refractivity contribution is -0.121. The van der Waals surface area contributed by atoms with Crippen molar-refractivity contribution < 1.29 is 4.79 Å². The van der Waals surface area contributed by atoms with E-state index < -0.39 is 0 Å². The van der Waals surface area contributed by atoms with E-state index in [9.17, 15) is 4.79 Å². The maximum atomic E-state index is 11.4. The Morgan fingerprint density at radius 3 is 2.50 bits per heavy atom. The van der Waals surface area contributed by atoms with E-state index in [-0.39, 0.29) is 5.91 Å². The molecule has 1 fully saturated rings. The summed E-state index contributed by atoms with van der Waals surface area (Å²) in [7, 11) is 0. The van der Waals surface area contributed by atoms with Crippen molar-refractivity contribution >= 4 is 5.91 Å². The van der Waals surface area contributed by atoms with Gasteiger partial charge in [0.05, 0.1) is 0 Å². The number of rotatable bonds is 6. The Balaban J connectivity index is 2.36. The second-order valence-corrected chi connectivity index (χ2v) is 4.90. The molecule has 1 amide bonds. The first-order valence-corrected chi connectivity index (χ1v) is 6.36. The lowest BCUT2D eigenvalue weighted by Gasteiger charge is -2.31. The van der Waals surface area contributed by atoms with Crippen molar-refractivity contribution in [1.82, 2.24) is 10.2 Å². The molecule has 0 aliphatic carbocycles. The lowest BCUT2D eigenvalue weighted by atomic mass is 10.0. The second-order valence-electron chi connectivity index (χ2n) is 4.90. The van der Waals surface area contributed by atoms with Crippen LogP contribution in [0.25, 0.3) is 0 Å². The van der Waals surface area contributed by atoms with Crippen LogP contribution in [0.5, 0.6) is 0 Å². The molecule has 1 unspecified atom stereocenters. The van der Waals surface area contributed by atoms with Crippen molar-refractivity contribution in [3.8, 4) is 0 Å². The zero-order valence-electron chi connectivity index (χ0n) is 10.5. The van der Waals surface area contributed by atoms with Crippen LogP contribution in [0.15, 0.2) is 0 Å². The summed E-state index contributed by atoms with van der Waals surface area (Å²) in [6.45, 7) is 7.99. The van der Waals surface area contributed by atoms with Gasteiger partial charge in [0.2, 0.25) is 5.91 Å². The highest BCUT2D eigenvalue weighted by Gasteiger charge is 2.24. The Labute approximate surface area is 98.6 Å². The first-order valence-electron chi connectivity index (χ1n) is 6.36. The average molecular weight is 227 g/mol. The number of hydrogen-bond donors (Lipinski definition) is 2. The SMILES string of the molecule is CC(C)C(CNC(=O)CCN)N1CCCC1. The largest absolute Gasteiger partial charge is 0.354 e. The lowest BCUT2D eigenvalue weighted by Crippen LogP contribution is -2.45. The normalized spacial score (nSPS) is 19.0. The fraction of sp³-hybridized carbons (Fsp3) is 0.917. The van der Waals surface area contributed by atoms with Crippen LogP contribution in [0.4, 0.5) is 0 Å². The van der Waals surface area contributed by atoms with Crippen LogP contribution < -0.4 is 11.1 Å². The number of nitrogens with one attached hydrogen (secondary N) is 1. The third-order valence-corrected chi connectivity index (χ3v) is 3.26. The number of nitrogens with two attached hydrogens (primary N) is 1. The quantitative estimate of drug-likeness (QED) is 0.697. The van der Waals surface area contributed by atoms with E-state index in [1.807, 2.05) is 0 Å². The summed E-state index contributed by atoms with van der Waals surface area (Å²) >= 11 is 0. The highest BCUT2D eigenvalue weighted by molar-refractivity contribution is 5.76. The molecule has 0 spiro atoms. The first kappa shape index (κ1) is 13.5. The summed E-state index contributed by atoms with van der Waals surface area (Å²) in [5.74, 6) is 0.656. The second kappa shape index (κ2) is 6.86. The van der Waals surface area contributed by atoms with Gasteiger partial charge in [-0.1, -0.05) is 13.8 Å². The summed E-state index contributed by atoms with van der Waals surface area (Å²) in [5, 5.41) is 2.98. The third-order valence-electron chi connectivity index (χ3n) is 3.26. The van der Waals surface area contributed by atoms with Gasteiger partial charge in [0.1, 0.15) is 0 Å². The molecule has 16 heavy (non-hydrogen) atoms. The van der Waals surface area contributed by atoms with Crippen molar-refractivity contribution in [2.24, 2.45) is 11.7 Å². The number of carbonyl (C=O) groups is 1. The number of carbonyl (C=O) groups excluding carboxylic acids is 1. The Bertz CT molecular complexity index is 212. The number of likely N-dealkylation sites (tertiary alicyclic amines) is 1. The Hall–Kier alpha value is -0.610. The molecule has 0 bridgehead atoms. The van der Waals surface area contributed by atoms with E-state index in [0.717, 1.165) is 6.54 Å². The molecule has 1 rings (SSSR count). The van der Waals surface area contributed by atoms with E-state index in [4.69, 9.17) is 5.73 Å². The number of hydrogen-bond acceptors (Lipinski definition) is 3.